The molecule has 0 amide bonds. The van der Waals surface area contributed by atoms with E-state index in [0.29, 0.717) is 17.4 Å². The summed E-state index contributed by atoms with van der Waals surface area (Å²) in [6.07, 6.45) is 3.89. The first-order valence-corrected chi connectivity index (χ1v) is 8.66. The van der Waals surface area contributed by atoms with E-state index in [-0.39, 0.29) is 5.82 Å². The fraction of sp³-hybridized carbons (Fsp3) is 0.625. The van der Waals surface area contributed by atoms with Crippen molar-refractivity contribution in [1.29, 1.82) is 0 Å². The first-order valence-electron chi connectivity index (χ1n) is 7.54. The van der Waals surface area contributed by atoms with E-state index in [0.717, 1.165) is 24.3 Å². The van der Waals surface area contributed by atoms with E-state index >= 15 is 0 Å². The first kappa shape index (κ1) is 14.3. The topological polar surface area (TPSA) is 6.48 Å². The van der Waals surface area contributed by atoms with E-state index in [1.54, 1.807) is 6.07 Å². The van der Waals surface area contributed by atoms with E-state index in [1.165, 1.54) is 25.8 Å². The van der Waals surface area contributed by atoms with Crippen LogP contribution in [0.3, 0.4) is 0 Å². The van der Waals surface area contributed by atoms with Crippen LogP contribution >= 0.6 is 15.9 Å². The Morgan fingerprint density at radius 1 is 1.30 bits per heavy atom. The molecule has 4 heteroatoms. The van der Waals surface area contributed by atoms with Gasteiger partial charge in [-0.05, 0) is 44.0 Å². The smallest absolute Gasteiger partial charge is 0.146 e. The van der Waals surface area contributed by atoms with Crippen LogP contribution in [0.5, 0.6) is 0 Å². The molecule has 2 heterocycles. The number of anilines is 1. The lowest BCUT2D eigenvalue weighted by Crippen LogP contribution is -2.59. The summed E-state index contributed by atoms with van der Waals surface area (Å²) in [5.74, 6) is -0.0851. The Morgan fingerprint density at radius 2 is 2.15 bits per heavy atom. The molecule has 0 N–H and O–H groups in total. The zero-order valence-electron chi connectivity index (χ0n) is 12.0. The lowest BCUT2D eigenvalue weighted by atomic mass is 9.96. The van der Waals surface area contributed by atoms with Crippen LogP contribution < -0.4 is 4.90 Å². The van der Waals surface area contributed by atoms with E-state index in [4.69, 9.17) is 0 Å². The zero-order valence-corrected chi connectivity index (χ0v) is 13.6. The number of benzene rings is 1. The van der Waals surface area contributed by atoms with Gasteiger partial charge < -0.3 is 4.90 Å². The Labute approximate surface area is 129 Å². The predicted molar refractivity (Wildman–Crippen MR) is 85.1 cm³/mol. The van der Waals surface area contributed by atoms with Gasteiger partial charge in [-0.3, -0.25) is 4.90 Å². The molecule has 2 aliphatic heterocycles. The van der Waals surface area contributed by atoms with E-state index in [1.807, 2.05) is 12.1 Å². The number of nitrogens with zero attached hydrogens (tertiary/aromatic N) is 2. The molecule has 110 valence electrons. The van der Waals surface area contributed by atoms with Crippen LogP contribution in [0, 0.1) is 5.82 Å². The normalized spacial score (nSPS) is 27.4. The van der Waals surface area contributed by atoms with Crippen molar-refractivity contribution < 1.29 is 4.39 Å². The van der Waals surface area contributed by atoms with Gasteiger partial charge in [-0.2, -0.15) is 0 Å². The fourth-order valence-electron chi connectivity index (χ4n) is 3.55. The molecule has 2 nitrogen and oxygen atoms in total. The van der Waals surface area contributed by atoms with Gasteiger partial charge in [0, 0.05) is 30.5 Å². The lowest BCUT2D eigenvalue weighted by molar-refractivity contribution is 0.115. The zero-order chi connectivity index (χ0) is 14.1. The number of alkyl halides is 1. The summed E-state index contributed by atoms with van der Waals surface area (Å²) in [7, 11) is 0. The molecule has 1 aromatic carbocycles. The van der Waals surface area contributed by atoms with Crippen LogP contribution in [0.1, 0.15) is 31.7 Å². The minimum atomic E-state index is -0.0851. The van der Waals surface area contributed by atoms with E-state index in [9.17, 15) is 4.39 Å². The van der Waals surface area contributed by atoms with Gasteiger partial charge in [-0.1, -0.05) is 28.4 Å². The second-order valence-corrected chi connectivity index (χ2v) is 6.63. The highest BCUT2D eigenvalue weighted by atomic mass is 79.9. The second kappa shape index (κ2) is 6.02. The van der Waals surface area contributed by atoms with Crippen LogP contribution in [-0.2, 0) is 5.33 Å². The summed E-state index contributed by atoms with van der Waals surface area (Å²) >= 11 is 3.38. The van der Waals surface area contributed by atoms with Crippen molar-refractivity contribution in [2.45, 2.75) is 43.6 Å². The van der Waals surface area contributed by atoms with Crippen molar-refractivity contribution >= 4 is 21.6 Å². The molecule has 1 aromatic rings. The first-order chi connectivity index (χ1) is 9.69. The highest BCUT2D eigenvalue weighted by molar-refractivity contribution is 9.08. The minimum absolute atomic E-state index is 0.0851. The van der Waals surface area contributed by atoms with Crippen molar-refractivity contribution in [3.8, 4) is 0 Å². The number of hydrogen-bond acceptors (Lipinski definition) is 2. The van der Waals surface area contributed by atoms with Crippen molar-refractivity contribution in [2.24, 2.45) is 0 Å². The molecule has 0 radical (unpaired) electrons. The average Bonchev–Trinajstić information content (AvgIpc) is 2.46. The average molecular weight is 341 g/mol. The molecular formula is C16H22BrFN2. The molecule has 2 aliphatic rings. The molecule has 0 aromatic heterocycles. The van der Waals surface area contributed by atoms with Crippen LogP contribution in [0.15, 0.2) is 18.2 Å². The third kappa shape index (κ3) is 2.73. The quantitative estimate of drug-likeness (QED) is 0.756. The molecule has 0 aliphatic carbocycles. The number of fused-ring (bicyclic) bond motifs is 1. The third-order valence-corrected chi connectivity index (χ3v) is 5.31. The monoisotopic (exact) mass is 340 g/mol. The summed E-state index contributed by atoms with van der Waals surface area (Å²) in [4.78, 5) is 4.86. The molecule has 0 saturated carbocycles. The summed E-state index contributed by atoms with van der Waals surface area (Å²) in [6, 6.07) is 6.61. The van der Waals surface area contributed by atoms with Gasteiger partial charge in [-0.25, -0.2) is 4.39 Å². The molecule has 2 unspecified atom stereocenters. The Hall–Kier alpha value is -0.610. The lowest BCUT2D eigenvalue weighted by Gasteiger charge is -2.48. The Morgan fingerprint density at radius 3 is 2.90 bits per heavy atom. The van der Waals surface area contributed by atoms with Crippen LogP contribution in [0.25, 0.3) is 0 Å². The number of piperazine rings is 1. The largest absolute Gasteiger partial charge is 0.364 e. The number of halogens is 2. The highest BCUT2D eigenvalue weighted by Crippen LogP contribution is 2.30. The number of hydrogen-bond donors (Lipinski definition) is 0. The second-order valence-electron chi connectivity index (χ2n) is 6.07. The van der Waals surface area contributed by atoms with Crippen molar-refractivity contribution in [1.82, 2.24) is 4.90 Å². The van der Waals surface area contributed by atoms with Crippen LogP contribution in [0.4, 0.5) is 10.1 Å². The summed E-state index contributed by atoms with van der Waals surface area (Å²) in [6.45, 7) is 5.45. The molecule has 2 atom stereocenters. The summed E-state index contributed by atoms with van der Waals surface area (Å²) in [5.41, 5.74) is 1.77. The molecule has 3 rings (SSSR count). The molecular weight excluding hydrogens is 319 g/mol. The van der Waals surface area contributed by atoms with Gasteiger partial charge in [-0.15, -0.1) is 0 Å². The molecule has 0 spiro atoms. The van der Waals surface area contributed by atoms with Crippen LogP contribution in [0.2, 0.25) is 0 Å². The number of piperidine rings is 1. The van der Waals surface area contributed by atoms with E-state index in [2.05, 4.69) is 32.7 Å². The Balaban J connectivity index is 1.82. The molecule has 0 bridgehead atoms. The molecule has 2 fully saturated rings. The van der Waals surface area contributed by atoms with Crippen molar-refractivity contribution in [3.63, 3.8) is 0 Å². The maximum Gasteiger partial charge on any atom is 0.146 e. The highest BCUT2D eigenvalue weighted by Gasteiger charge is 2.33. The maximum absolute atomic E-state index is 14.3. The molecule has 2 saturated heterocycles. The third-order valence-electron chi connectivity index (χ3n) is 4.66. The minimum Gasteiger partial charge on any atom is -0.364 e. The van der Waals surface area contributed by atoms with Crippen molar-refractivity contribution in [3.05, 3.63) is 29.6 Å². The fourth-order valence-corrected chi connectivity index (χ4v) is 3.90. The van der Waals surface area contributed by atoms with Gasteiger partial charge in [0.05, 0.1) is 5.69 Å². The summed E-state index contributed by atoms with van der Waals surface area (Å²) < 4.78 is 14.3. The van der Waals surface area contributed by atoms with Gasteiger partial charge in [0.2, 0.25) is 0 Å². The standard InChI is InChI=1S/C16H22BrFN2/c1-12-10-19-7-3-2-4-14(19)11-20(12)16-6-5-13(9-17)8-15(16)18/h5-6,8,12,14H,2-4,7,9-11H2,1H3. The van der Waals surface area contributed by atoms with Gasteiger partial charge >= 0.3 is 0 Å². The van der Waals surface area contributed by atoms with Crippen LogP contribution in [-0.4, -0.2) is 36.6 Å². The van der Waals surface area contributed by atoms with E-state index < -0.39 is 0 Å². The SMILES string of the molecule is CC1CN2CCCCC2CN1c1ccc(CBr)cc1F. The van der Waals surface area contributed by atoms with Crippen molar-refractivity contribution in [2.75, 3.05) is 24.5 Å². The van der Waals surface area contributed by atoms with Gasteiger partial charge in [0.15, 0.2) is 0 Å². The maximum atomic E-state index is 14.3. The Kier molecular flexibility index (Phi) is 4.32. The number of rotatable bonds is 2. The summed E-state index contributed by atoms with van der Waals surface area (Å²) in [5, 5.41) is 0.705. The van der Waals surface area contributed by atoms with Gasteiger partial charge in [0.25, 0.3) is 0 Å². The predicted octanol–water partition coefficient (Wildman–Crippen LogP) is 3.78. The van der Waals surface area contributed by atoms with Gasteiger partial charge in [0.1, 0.15) is 5.82 Å². The molecule has 20 heavy (non-hydrogen) atoms. The Bertz CT molecular complexity index is 480.